The maximum atomic E-state index is 12.4. The Morgan fingerprint density at radius 2 is 2.00 bits per heavy atom. The number of benzene rings is 1. The minimum atomic E-state index is 0.147. The lowest BCUT2D eigenvalue weighted by molar-refractivity contribution is -0.130. The first kappa shape index (κ1) is 15.1. The molecule has 0 N–H and O–H groups in total. The van der Waals surface area contributed by atoms with Crippen LogP contribution >= 0.6 is 22.9 Å². The van der Waals surface area contributed by atoms with Crippen molar-refractivity contribution >= 4 is 28.8 Å². The number of carbonyl (C=O) groups is 1. The molecule has 0 aliphatic carbocycles. The second kappa shape index (κ2) is 6.91. The molecule has 0 bridgehead atoms. The third-order valence-corrected chi connectivity index (χ3v) is 4.54. The average molecular weight is 308 g/mol. The van der Waals surface area contributed by atoms with E-state index in [4.69, 9.17) is 11.6 Å². The molecule has 4 heteroatoms. The van der Waals surface area contributed by atoms with Gasteiger partial charge in [0.1, 0.15) is 0 Å². The SMILES string of the molecule is CCN(Cc1ccccc1Cl)C(=O)Cc1ccc(C)s1. The molecule has 0 radical (unpaired) electrons. The highest BCUT2D eigenvalue weighted by molar-refractivity contribution is 7.12. The molecule has 0 saturated carbocycles. The van der Waals surface area contributed by atoms with Crippen LogP contribution in [0.15, 0.2) is 36.4 Å². The predicted molar refractivity (Wildman–Crippen MR) is 85.3 cm³/mol. The number of thiophene rings is 1. The van der Waals surface area contributed by atoms with E-state index in [2.05, 4.69) is 13.0 Å². The Morgan fingerprint density at radius 3 is 2.60 bits per heavy atom. The van der Waals surface area contributed by atoms with E-state index in [-0.39, 0.29) is 5.91 Å². The van der Waals surface area contributed by atoms with Gasteiger partial charge in [-0.2, -0.15) is 0 Å². The fourth-order valence-corrected chi connectivity index (χ4v) is 3.13. The summed E-state index contributed by atoms with van der Waals surface area (Å²) in [5, 5.41) is 0.714. The summed E-state index contributed by atoms with van der Waals surface area (Å²) in [5.74, 6) is 0.147. The van der Waals surface area contributed by atoms with Crippen molar-refractivity contribution in [3.8, 4) is 0 Å². The third kappa shape index (κ3) is 3.84. The van der Waals surface area contributed by atoms with Crippen LogP contribution in [0.1, 0.15) is 22.2 Å². The van der Waals surface area contributed by atoms with E-state index in [9.17, 15) is 4.79 Å². The summed E-state index contributed by atoms with van der Waals surface area (Å²) in [6, 6.07) is 11.8. The summed E-state index contributed by atoms with van der Waals surface area (Å²) in [4.78, 5) is 16.6. The molecule has 1 amide bonds. The Morgan fingerprint density at radius 1 is 1.25 bits per heavy atom. The fraction of sp³-hybridized carbons (Fsp3) is 0.312. The van der Waals surface area contributed by atoms with Gasteiger partial charge in [-0.3, -0.25) is 4.79 Å². The van der Waals surface area contributed by atoms with Crippen LogP contribution in [0.4, 0.5) is 0 Å². The Kier molecular flexibility index (Phi) is 5.21. The zero-order valence-electron chi connectivity index (χ0n) is 11.7. The summed E-state index contributed by atoms with van der Waals surface area (Å²) in [7, 11) is 0. The standard InChI is InChI=1S/C16H18ClNOS/c1-3-18(11-13-6-4-5-7-15(13)17)16(19)10-14-9-8-12(2)20-14/h4-9H,3,10-11H2,1-2H3. The highest BCUT2D eigenvalue weighted by Gasteiger charge is 2.14. The Balaban J connectivity index is 2.04. The number of carbonyl (C=O) groups excluding carboxylic acids is 1. The van der Waals surface area contributed by atoms with Gasteiger partial charge < -0.3 is 4.90 Å². The van der Waals surface area contributed by atoms with Crippen LogP contribution in [0.2, 0.25) is 5.02 Å². The van der Waals surface area contributed by atoms with E-state index < -0.39 is 0 Å². The van der Waals surface area contributed by atoms with E-state index >= 15 is 0 Å². The predicted octanol–water partition coefficient (Wildman–Crippen LogP) is 4.30. The zero-order chi connectivity index (χ0) is 14.5. The van der Waals surface area contributed by atoms with Crippen molar-refractivity contribution in [1.29, 1.82) is 0 Å². The molecular formula is C16H18ClNOS. The van der Waals surface area contributed by atoms with Crippen molar-refractivity contribution in [3.63, 3.8) is 0 Å². The van der Waals surface area contributed by atoms with Crippen LogP contribution in [-0.2, 0) is 17.8 Å². The summed E-state index contributed by atoms with van der Waals surface area (Å²) < 4.78 is 0. The maximum absolute atomic E-state index is 12.4. The number of nitrogens with zero attached hydrogens (tertiary/aromatic N) is 1. The third-order valence-electron chi connectivity index (χ3n) is 3.17. The largest absolute Gasteiger partial charge is 0.338 e. The van der Waals surface area contributed by atoms with Crippen LogP contribution in [0.25, 0.3) is 0 Å². The summed E-state index contributed by atoms with van der Waals surface area (Å²) in [5.41, 5.74) is 0.992. The van der Waals surface area contributed by atoms with Crippen molar-refractivity contribution in [1.82, 2.24) is 4.90 Å². The van der Waals surface area contributed by atoms with Gasteiger partial charge >= 0.3 is 0 Å². The highest BCUT2D eigenvalue weighted by atomic mass is 35.5. The molecule has 1 heterocycles. The highest BCUT2D eigenvalue weighted by Crippen LogP contribution is 2.19. The maximum Gasteiger partial charge on any atom is 0.228 e. The fourth-order valence-electron chi connectivity index (χ4n) is 2.05. The number of amides is 1. The van der Waals surface area contributed by atoms with E-state index in [0.29, 0.717) is 24.5 Å². The van der Waals surface area contributed by atoms with E-state index in [1.165, 1.54) is 4.88 Å². The molecule has 0 unspecified atom stereocenters. The molecule has 2 rings (SSSR count). The molecule has 106 valence electrons. The normalized spacial score (nSPS) is 10.6. The minimum absolute atomic E-state index is 0.147. The molecule has 1 aromatic carbocycles. The van der Waals surface area contributed by atoms with Crippen LogP contribution < -0.4 is 0 Å². The van der Waals surface area contributed by atoms with Gasteiger partial charge in [-0.1, -0.05) is 29.8 Å². The van der Waals surface area contributed by atoms with Gasteiger partial charge in [0.05, 0.1) is 6.42 Å². The molecule has 0 aliphatic heterocycles. The Labute approximate surface area is 129 Å². The Bertz CT molecular complexity index is 594. The molecule has 1 aromatic heterocycles. The molecule has 2 aromatic rings. The smallest absolute Gasteiger partial charge is 0.228 e. The summed E-state index contributed by atoms with van der Waals surface area (Å²) in [6.45, 7) is 5.31. The van der Waals surface area contributed by atoms with Gasteiger partial charge in [-0.05, 0) is 37.6 Å². The molecule has 2 nitrogen and oxygen atoms in total. The molecule has 0 spiro atoms. The monoisotopic (exact) mass is 307 g/mol. The minimum Gasteiger partial charge on any atom is -0.338 e. The zero-order valence-corrected chi connectivity index (χ0v) is 13.3. The first-order valence-electron chi connectivity index (χ1n) is 6.66. The van der Waals surface area contributed by atoms with Gasteiger partial charge in [-0.25, -0.2) is 0 Å². The lowest BCUT2D eigenvalue weighted by atomic mass is 10.2. The van der Waals surface area contributed by atoms with Crippen molar-refractivity contribution < 1.29 is 4.79 Å². The van der Waals surface area contributed by atoms with Gasteiger partial charge in [-0.15, -0.1) is 11.3 Å². The molecule has 0 atom stereocenters. The van der Waals surface area contributed by atoms with Crippen LogP contribution in [0.3, 0.4) is 0 Å². The topological polar surface area (TPSA) is 20.3 Å². The number of likely N-dealkylation sites (N-methyl/N-ethyl adjacent to an activating group) is 1. The van der Waals surface area contributed by atoms with Gasteiger partial charge in [0.2, 0.25) is 5.91 Å². The lowest BCUT2D eigenvalue weighted by Gasteiger charge is -2.21. The number of halogens is 1. The molecule has 20 heavy (non-hydrogen) atoms. The molecular weight excluding hydrogens is 290 g/mol. The summed E-state index contributed by atoms with van der Waals surface area (Å²) in [6.07, 6.45) is 0.469. The molecule has 0 aliphatic rings. The first-order valence-corrected chi connectivity index (χ1v) is 7.86. The summed E-state index contributed by atoms with van der Waals surface area (Å²) >= 11 is 7.84. The van der Waals surface area contributed by atoms with Gasteiger partial charge in [0.25, 0.3) is 0 Å². The van der Waals surface area contributed by atoms with Crippen molar-refractivity contribution in [2.24, 2.45) is 0 Å². The van der Waals surface area contributed by atoms with Crippen molar-refractivity contribution in [2.45, 2.75) is 26.8 Å². The van der Waals surface area contributed by atoms with Gasteiger partial charge in [0, 0.05) is 27.9 Å². The number of aryl methyl sites for hydroxylation is 1. The van der Waals surface area contributed by atoms with Crippen LogP contribution in [0.5, 0.6) is 0 Å². The van der Waals surface area contributed by atoms with Crippen molar-refractivity contribution in [2.75, 3.05) is 6.54 Å². The van der Waals surface area contributed by atoms with E-state index in [1.54, 1.807) is 11.3 Å². The first-order chi connectivity index (χ1) is 9.60. The Hall–Kier alpha value is -1.32. The lowest BCUT2D eigenvalue weighted by Crippen LogP contribution is -2.31. The second-order valence-corrected chi connectivity index (χ2v) is 6.47. The molecule has 0 saturated heterocycles. The van der Waals surface area contributed by atoms with E-state index in [0.717, 1.165) is 10.4 Å². The number of hydrogen-bond acceptors (Lipinski definition) is 2. The molecule has 0 fully saturated rings. The quantitative estimate of drug-likeness (QED) is 0.806. The van der Waals surface area contributed by atoms with Gasteiger partial charge in [0.15, 0.2) is 0 Å². The van der Waals surface area contributed by atoms with Crippen molar-refractivity contribution in [3.05, 3.63) is 56.7 Å². The van der Waals surface area contributed by atoms with Crippen LogP contribution in [-0.4, -0.2) is 17.4 Å². The van der Waals surface area contributed by atoms with E-state index in [1.807, 2.05) is 42.2 Å². The second-order valence-electron chi connectivity index (χ2n) is 4.69. The number of hydrogen-bond donors (Lipinski definition) is 0. The number of rotatable bonds is 5. The average Bonchev–Trinajstić information content (AvgIpc) is 2.83. The van der Waals surface area contributed by atoms with Crippen LogP contribution in [0, 0.1) is 6.92 Å².